The third kappa shape index (κ3) is 3.44. The van der Waals surface area contributed by atoms with E-state index in [0.29, 0.717) is 0 Å². The van der Waals surface area contributed by atoms with Gasteiger partial charge in [0.1, 0.15) is 6.33 Å². The number of carbonyl (C=O) groups excluding carboxylic acids is 1. The second-order valence-electron chi connectivity index (χ2n) is 4.98. The molecule has 2 heterocycles. The van der Waals surface area contributed by atoms with Crippen LogP contribution in [0.2, 0.25) is 0 Å². The molecule has 2 N–H and O–H groups in total. The fourth-order valence-electron chi connectivity index (χ4n) is 2.28. The molecule has 0 aromatic carbocycles. The lowest BCUT2D eigenvalue weighted by molar-refractivity contribution is 0.0858. The van der Waals surface area contributed by atoms with Crippen molar-refractivity contribution in [1.29, 1.82) is 0 Å². The van der Waals surface area contributed by atoms with Crippen LogP contribution in [0, 0.1) is 0 Å². The molecule has 0 bridgehead atoms. The van der Waals surface area contributed by atoms with E-state index in [1.54, 1.807) is 10.9 Å². The number of urea groups is 1. The molecule has 3 atom stereocenters. The summed E-state index contributed by atoms with van der Waals surface area (Å²) in [6.45, 7) is 4.62. The highest BCUT2D eigenvalue weighted by molar-refractivity contribution is 5.74. The second-order valence-corrected chi connectivity index (χ2v) is 4.98. The highest BCUT2D eigenvalue weighted by Gasteiger charge is 2.24. The summed E-state index contributed by atoms with van der Waals surface area (Å²) in [6.07, 6.45) is 3.80. The van der Waals surface area contributed by atoms with Crippen molar-refractivity contribution in [2.24, 2.45) is 7.05 Å². The molecular formula is C12H21N5O2. The summed E-state index contributed by atoms with van der Waals surface area (Å²) < 4.78 is 7.33. The predicted molar refractivity (Wildman–Crippen MR) is 69.5 cm³/mol. The van der Waals surface area contributed by atoms with Crippen LogP contribution < -0.4 is 10.6 Å². The molecule has 7 heteroatoms. The van der Waals surface area contributed by atoms with E-state index in [1.165, 1.54) is 0 Å². The molecule has 0 radical (unpaired) electrons. The minimum Gasteiger partial charge on any atom is -0.376 e. The van der Waals surface area contributed by atoms with Gasteiger partial charge in [0.2, 0.25) is 0 Å². The summed E-state index contributed by atoms with van der Waals surface area (Å²) in [4.78, 5) is 11.9. The Labute approximate surface area is 112 Å². The van der Waals surface area contributed by atoms with Crippen molar-refractivity contribution in [1.82, 2.24) is 25.4 Å². The fraction of sp³-hybridized carbons (Fsp3) is 0.750. The SMILES string of the molecule is C[C@H](NC(=O)N[C@H](C)[C@H]1CCCO1)c1nncn1C. The molecule has 1 aromatic rings. The molecule has 1 aliphatic rings. The van der Waals surface area contributed by atoms with E-state index < -0.39 is 0 Å². The summed E-state index contributed by atoms with van der Waals surface area (Å²) >= 11 is 0. The van der Waals surface area contributed by atoms with Gasteiger partial charge in [0.25, 0.3) is 0 Å². The number of carbonyl (C=O) groups is 1. The number of hydrogen-bond donors (Lipinski definition) is 2. The van der Waals surface area contributed by atoms with Crippen molar-refractivity contribution in [3.63, 3.8) is 0 Å². The lowest BCUT2D eigenvalue weighted by Gasteiger charge is -2.21. The molecule has 1 saturated heterocycles. The van der Waals surface area contributed by atoms with Crippen molar-refractivity contribution in [2.75, 3.05) is 6.61 Å². The molecule has 106 valence electrons. The second kappa shape index (κ2) is 6.01. The molecule has 2 amide bonds. The first-order valence-corrected chi connectivity index (χ1v) is 6.60. The molecule has 1 aromatic heterocycles. The van der Waals surface area contributed by atoms with Gasteiger partial charge in [-0.3, -0.25) is 0 Å². The summed E-state index contributed by atoms with van der Waals surface area (Å²) in [6, 6.07) is -0.392. The fourth-order valence-corrected chi connectivity index (χ4v) is 2.28. The Morgan fingerprint density at radius 3 is 2.89 bits per heavy atom. The van der Waals surface area contributed by atoms with E-state index in [9.17, 15) is 4.79 Å². The van der Waals surface area contributed by atoms with E-state index in [-0.39, 0.29) is 24.2 Å². The number of hydrogen-bond acceptors (Lipinski definition) is 4. The van der Waals surface area contributed by atoms with E-state index in [1.807, 2.05) is 20.9 Å². The number of nitrogens with zero attached hydrogens (tertiary/aromatic N) is 3. The van der Waals surface area contributed by atoms with Crippen molar-refractivity contribution in [2.45, 2.75) is 44.9 Å². The largest absolute Gasteiger partial charge is 0.376 e. The molecule has 1 aliphatic heterocycles. The number of rotatable bonds is 4. The third-order valence-corrected chi connectivity index (χ3v) is 3.36. The molecule has 0 saturated carbocycles. The number of ether oxygens (including phenoxy) is 1. The van der Waals surface area contributed by atoms with Crippen molar-refractivity contribution >= 4 is 6.03 Å². The monoisotopic (exact) mass is 267 g/mol. The average molecular weight is 267 g/mol. The topological polar surface area (TPSA) is 81.1 Å². The lowest BCUT2D eigenvalue weighted by atomic mass is 10.1. The van der Waals surface area contributed by atoms with Gasteiger partial charge in [-0.05, 0) is 26.7 Å². The van der Waals surface area contributed by atoms with E-state index in [2.05, 4.69) is 20.8 Å². The van der Waals surface area contributed by atoms with Gasteiger partial charge in [-0.15, -0.1) is 10.2 Å². The van der Waals surface area contributed by atoms with Gasteiger partial charge in [0.05, 0.1) is 18.2 Å². The summed E-state index contributed by atoms with van der Waals surface area (Å²) in [7, 11) is 1.85. The van der Waals surface area contributed by atoms with Crippen molar-refractivity contribution in [3.05, 3.63) is 12.2 Å². The Hall–Kier alpha value is -1.63. The zero-order valence-corrected chi connectivity index (χ0v) is 11.6. The smallest absolute Gasteiger partial charge is 0.315 e. The first kappa shape index (κ1) is 13.8. The van der Waals surface area contributed by atoms with Crippen LogP contribution in [0.25, 0.3) is 0 Å². The van der Waals surface area contributed by atoms with Gasteiger partial charge in [-0.25, -0.2) is 4.79 Å². The average Bonchev–Trinajstić information content (AvgIpc) is 2.98. The van der Waals surface area contributed by atoms with Gasteiger partial charge in [-0.1, -0.05) is 0 Å². The molecule has 19 heavy (non-hydrogen) atoms. The molecular weight excluding hydrogens is 246 g/mol. The Morgan fingerprint density at radius 1 is 1.53 bits per heavy atom. The van der Waals surface area contributed by atoms with E-state index >= 15 is 0 Å². The third-order valence-electron chi connectivity index (χ3n) is 3.36. The normalized spacial score (nSPS) is 21.9. The van der Waals surface area contributed by atoms with Gasteiger partial charge >= 0.3 is 6.03 Å². The first-order chi connectivity index (χ1) is 9.08. The molecule has 0 spiro atoms. The zero-order chi connectivity index (χ0) is 13.8. The zero-order valence-electron chi connectivity index (χ0n) is 11.6. The summed E-state index contributed by atoms with van der Waals surface area (Å²) in [5, 5.41) is 13.5. The Morgan fingerprint density at radius 2 is 2.32 bits per heavy atom. The minimum atomic E-state index is -0.210. The Bertz CT molecular complexity index is 428. The molecule has 2 rings (SSSR count). The molecule has 0 aliphatic carbocycles. The van der Waals surface area contributed by atoms with Gasteiger partial charge in [0, 0.05) is 13.7 Å². The van der Waals surface area contributed by atoms with Crippen LogP contribution in [0.3, 0.4) is 0 Å². The maximum absolute atomic E-state index is 11.9. The highest BCUT2D eigenvalue weighted by Crippen LogP contribution is 2.15. The number of nitrogens with one attached hydrogen (secondary N) is 2. The maximum Gasteiger partial charge on any atom is 0.315 e. The van der Waals surface area contributed by atoms with Crippen LogP contribution in [0.1, 0.15) is 38.6 Å². The maximum atomic E-state index is 11.9. The number of aromatic nitrogens is 3. The Kier molecular flexibility index (Phi) is 4.36. The number of aryl methyl sites for hydroxylation is 1. The quantitative estimate of drug-likeness (QED) is 0.843. The summed E-state index contributed by atoms with van der Waals surface area (Å²) in [5.74, 6) is 0.722. The van der Waals surface area contributed by atoms with Crippen molar-refractivity contribution in [3.8, 4) is 0 Å². The van der Waals surface area contributed by atoms with Crippen LogP contribution in [0.4, 0.5) is 4.79 Å². The van der Waals surface area contributed by atoms with E-state index in [4.69, 9.17) is 4.74 Å². The van der Waals surface area contributed by atoms with Gasteiger partial charge in [0.15, 0.2) is 5.82 Å². The molecule has 7 nitrogen and oxygen atoms in total. The predicted octanol–water partition coefficient (Wildman–Crippen LogP) is 0.743. The minimum absolute atomic E-state index is 0.00852. The number of amides is 2. The van der Waals surface area contributed by atoms with Crippen LogP contribution in [-0.4, -0.2) is 39.5 Å². The molecule has 0 unspecified atom stereocenters. The van der Waals surface area contributed by atoms with Crippen LogP contribution in [-0.2, 0) is 11.8 Å². The highest BCUT2D eigenvalue weighted by atomic mass is 16.5. The Balaban J connectivity index is 1.82. The van der Waals surface area contributed by atoms with Crippen LogP contribution >= 0.6 is 0 Å². The summed E-state index contributed by atoms with van der Waals surface area (Å²) in [5.41, 5.74) is 0. The first-order valence-electron chi connectivity index (χ1n) is 6.60. The van der Waals surface area contributed by atoms with Crippen molar-refractivity contribution < 1.29 is 9.53 Å². The van der Waals surface area contributed by atoms with Crippen LogP contribution in [0.5, 0.6) is 0 Å². The van der Waals surface area contributed by atoms with E-state index in [0.717, 1.165) is 25.3 Å². The van der Waals surface area contributed by atoms with Gasteiger partial charge in [-0.2, -0.15) is 0 Å². The van der Waals surface area contributed by atoms with Crippen LogP contribution in [0.15, 0.2) is 6.33 Å². The standard InChI is InChI=1S/C12H21N5O2/c1-8(10-5-4-6-19-10)14-12(18)15-9(2)11-16-13-7-17(11)3/h7-10H,4-6H2,1-3H3,(H2,14,15,18)/t8-,9+,10-/m1/s1. The molecule has 1 fully saturated rings. The lowest BCUT2D eigenvalue weighted by Crippen LogP contribution is -2.46. The van der Waals surface area contributed by atoms with Gasteiger partial charge < -0.3 is 19.9 Å².